The lowest BCUT2D eigenvalue weighted by Crippen LogP contribution is -2.31. The lowest BCUT2D eigenvalue weighted by Gasteiger charge is -2.19. The predicted molar refractivity (Wildman–Crippen MR) is 101 cm³/mol. The van der Waals surface area contributed by atoms with Crippen LogP contribution in [-0.2, 0) is 24.3 Å². The molecular formula is C17H25ClN2O5S. The summed E-state index contributed by atoms with van der Waals surface area (Å²) in [5.74, 6) is -0.994. The van der Waals surface area contributed by atoms with E-state index in [1.165, 1.54) is 22.5 Å². The summed E-state index contributed by atoms with van der Waals surface area (Å²) in [6.45, 7) is 5.59. The van der Waals surface area contributed by atoms with Crippen molar-refractivity contribution in [3.05, 3.63) is 23.2 Å². The number of anilines is 1. The molecule has 0 atom stereocenters. The number of sulfonamides is 1. The van der Waals surface area contributed by atoms with Gasteiger partial charge in [0.15, 0.2) is 6.61 Å². The maximum absolute atomic E-state index is 12.6. The molecule has 0 saturated carbocycles. The summed E-state index contributed by atoms with van der Waals surface area (Å²) < 4.78 is 31.4. The summed E-state index contributed by atoms with van der Waals surface area (Å²) >= 11 is 6.04. The quantitative estimate of drug-likeness (QED) is 0.605. The highest BCUT2D eigenvalue weighted by Crippen LogP contribution is 2.27. The second kappa shape index (κ2) is 10.5. The van der Waals surface area contributed by atoms with Gasteiger partial charge in [-0.1, -0.05) is 38.8 Å². The largest absolute Gasteiger partial charge is 0.456 e. The van der Waals surface area contributed by atoms with Crippen LogP contribution in [0.15, 0.2) is 23.1 Å². The lowest BCUT2D eigenvalue weighted by molar-refractivity contribution is -0.147. The van der Waals surface area contributed by atoms with Crippen molar-refractivity contribution in [3.63, 3.8) is 0 Å². The van der Waals surface area contributed by atoms with E-state index in [0.29, 0.717) is 19.5 Å². The molecule has 0 bridgehead atoms. The minimum absolute atomic E-state index is 0.0703. The fourth-order valence-electron chi connectivity index (χ4n) is 2.22. The van der Waals surface area contributed by atoms with Crippen LogP contribution in [0.1, 0.15) is 40.0 Å². The van der Waals surface area contributed by atoms with E-state index < -0.39 is 28.5 Å². The number of hydrogen-bond donors (Lipinski definition) is 1. The van der Waals surface area contributed by atoms with Crippen molar-refractivity contribution in [2.24, 2.45) is 0 Å². The molecule has 0 fully saturated rings. The Morgan fingerprint density at radius 2 is 1.85 bits per heavy atom. The highest BCUT2D eigenvalue weighted by Gasteiger charge is 2.25. The third kappa shape index (κ3) is 6.26. The van der Waals surface area contributed by atoms with Gasteiger partial charge in [0.1, 0.15) is 4.90 Å². The van der Waals surface area contributed by atoms with Gasteiger partial charge < -0.3 is 10.1 Å². The number of carbonyl (C=O) groups excluding carboxylic acids is 2. The first kappa shape index (κ1) is 22.4. The van der Waals surface area contributed by atoms with E-state index >= 15 is 0 Å². The number of nitrogens with one attached hydrogen (secondary N) is 1. The number of amides is 1. The molecule has 0 saturated heterocycles. The number of esters is 1. The first-order valence-corrected chi connectivity index (χ1v) is 10.3. The first-order valence-electron chi connectivity index (χ1n) is 8.51. The van der Waals surface area contributed by atoms with E-state index in [-0.39, 0.29) is 22.0 Å². The van der Waals surface area contributed by atoms with E-state index in [4.69, 9.17) is 16.3 Å². The van der Waals surface area contributed by atoms with Gasteiger partial charge in [0.05, 0.1) is 5.02 Å². The van der Waals surface area contributed by atoms with Crippen LogP contribution in [-0.4, -0.2) is 44.3 Å². The third-order valence-electron chi connectivity index (χ3n) is 3.64. The number of rotatable bonds is 10. The van der Waals surface area contributed by atoms with E-state index in [9.17, 15) is 18.0 Å². The summed E-state index contributed by atoms with van der Waals surface area (Å²) in [5.41, 5.74) is 0.259. The Hall–Kier alpha value is -1.64. The van der Waals surface area contributed by atoms with E-state index in [1.807, 2.05) is 6.92 Å². The monoisotopic (exact) mass is 404 g/mol. The number of benzene rings is 1. The molecule has 0 aliphatic heterocycles. The Labute approximate surface area is 159 Å². The molecule has 9 heteroatoms. The first-order chi connectivity index (χ1) is 12.3. The SMILES string of the molecule is CCCCC(=O)OCC(=O)Nc1ccc(Cl)c(S(=O)(=O)N(CC)CC)c1. The summed E-state index contributed by atoms with van der Waals surface area (Å²) in [7, 11) is -3.76. The fourth-order valence-corrected chi connectivity index (χ4v) is 4.18. The topological polar surface area (TPSA) is 92.8 Å². The Balaban J connectivity index is 2.84. The zero-order valence-electron chi connectivity index (χ0n) is 15.2. The lowest BCUT2D eigenvalue weighted by atomic mass is 10.2. The van der Waals surface area contributed by atoms with Crippen molar-refractivity contribution in [2.45, 2.75) is 44.9 Å². The average molecular weight is 405 g/mol. The molecule has 0 aromatic heterocycles. The summed E-state index contributed by atoms with van der Waals surface area (Å²) in [6, 6.07) is 4.19. The number of ether oxygens (including phenoxy) is 1. The van der Waals surface area contributed by atoms with E-state index in [0.717, 1.165) is 6.42 Å². The molecule has 26 heavy (non-hydrogen) atoms. The predicted octanol–water partition coefficient (Wildman–Crippen LogP) is 3.04. The maximum atomic E-state index is 12.6. The second-order valence-electron chi connectivity index (χ2n) is 5.55. The van der Waals surface area contributed by atoms with Gasteiger partial charge in [-0.3, -0.25) is 9.59 Å². The van der Waals surface area contributed by atoms with Crippen LogP contribution in [0, 0.1) is 0 Å². The number of carbonyl (C=O) groups is 2. The van der Waals surface area contributed by atoms with E-state index in [2.05, 4.69) is 5.32 Å². The molecule has 0 unspecified atom stereocenters. The Bertz CT molecular complexity index is 733. The summed E-state index contributed by atoms with van der Waals surface area (Å²) in [4.78, 5) is 23.2. The molecule has 7 nitrogen and oxygen atoms in total. The maximum Gasteiger partial charge on any atom is 0.306 e. The molecule has 1 amide bonds. The Morgan fingerprint density at radius 3 is 2.42 bits per heavy atom. The third-order valence-corrected chi connectivity index (χ3v) is 6.17. The Kier molecular flexibility index (Phi) is 9.04. The van der Waals surface area contributed by atoms with Gasteiger partial charge in [0.25, 0.3) is 5.91 Å². The van der Waals surface area contributed by atoms with Crippen LogP contribution in [0.3, 0.4) is 0 Å². The highest BCUT2D eigenvalue weighted by atomic mass is 35.5. The number of nitrogens with zero attached hydrogens (tertiary/aromatic N) is 1. The normalized spacial score (nSPS) is 11.4. The van der Waals surface area contributed by atoms with Crippen LogP contribution in [0.2, 0.25) is 5.02 Å². The van der Waals surface area contributed by atoms with Crippen molar-refractivity contribution >= 4 is 39.2 Å². The molecule has 1 rings (SSSR count). The molecule has 1 aromatic rings. The zero-order chi connectivity index (χ0) is 19.7. The molecule has 0 aliphatic carbocycles. The summed E-state index contributed by atoms with van der Waals surface area (Å²) in [5, 5.41) is 2.58. The minimum Gasteiger partial charge on any atom is -0.456 e. The Morgan fingerprint density at radius 1 is 1.19 bits per heavy atom. The molecule has 146 valence electrons. The number of halogens is 1. The molecule has 1 N–H and O–H groups in total. The van der Waals surface area contributed by atoms with Gasteiger partial charge in [0.2, 0.25) is 10.0 Å². The van der Waals surface area contributed by atoms with Crippen LogP contribution in [0.4, 0.5) is 5.69 Å². The van der Waals surface area contributed by atoms with Gasteiger partial charge in [0, 0.05) is 25.2 Å². The summed E-state index contributed by atoms with van der Waals surface area (Å²) in [6.07, 6.45) is 1.82. The molecule has 0 radical (unpaired) electrons. The molecular weight excluding hydrogens is 380 g/mol. The standard InChI is InChI=1S/C17H25ClN2O5S/c1-4-7-8-17(22)25-12-16(21)19-13-9-10-14(18)15(11-13)26(23,24)20(5-2)6-3/h9-11H,4-8,12H2,1-3H3,(H,19,21). The fraction of sp³-hybridized carbons (Fsp3) is 0.529. The molecule has 1 aromatic carbocycles. The molecule has 0 aliphatic rings. The van der Waals surface area contributed by atoms with Crippen molar-refractivity contribution in [3.8, 4) is 0 Å². The van der Waals surface area contributed by atoms with E-state index in [1.54, 1.807) is 13.8 Å². The number of unbranched alkanes of at least 4 members (excludes halogenated alkanes) is 1. The highest BCUT2D eigenvalue weighted by molar-refractivity contribution is 7.89. The smallest absolute Gasteiger partial charge is 0.306 e. The molecule has 0 spiro atoms. The van der Waals surface area contributed by atoms with Crippen molar-refractivity contribution in [2.75, 3.05) is 25.0 Å². The number of hydrogen-bond acceptors (Lipinski definition) is 5. The zero-order valence-corrected chi connectivity index (χ0v) is 16.8. The minimum atomic E-state index is -3.76. The van der Waals surface area contributed by atoms with Crippen molar-refractivity contribution in [1.82, 2.24) is 4.31 Å². The van der Waals surface area contributed by atoms with Gasteiger partial charge in [-0.2, -0.15) is 4.31 Å². The van der Waals surface area contributed by atoms with Gasteiger partial charge in [-0.15, -0.1) is 0 Å². The van der Waals surface area contributed by atoms with Crippen LogP contribution >= 0.6 is 11.6 Å². The molecule has 0 heterocycles. The van der Waals surface area contributed by atoms with Crippen molar-refractivity contribution in [1.29, 1.82) is 0 Å². The van der Waals surface area contributed by atoms with Crippen molar-refractivity contribution < 1.29 is 22.7 Å². The van der Waals surface area contributed by atoms with Gasteiger partial charge in [-0.05, 0) is 24.6 Å². The second-order valence-corrected chi connectivity index (χ2v) is 7.86. The van der Waals surface area contributed by atoms with Gasteiger partial charge in [-0.25, -0.2) is 8.42 Å². The van der Waals surface area contributed by atoms with Gasteiger partial charge >= 0.3 is 5.97 Å². The average Bonchev–Trinajstić information content (AvgIpc) is 2.60. The van der Waals surface area contributed by atoms with Crippen LogP contribution in [0.5, 0.6) is 0 Å². The van der Waals surface area contributed by atoms with Crippen LogP contribution in [0.25, 0.3) is 0 Å². The van der Waals surface area contributed by atoms with Crippen LogP contribution < -0.4 is 5.32 Å².